The molecule has 166 valence electrons. The molecule has 32 heavy (non-hydrogen) atoms. The third-order valence-electron chi connectivity index (χ3n) is 5.13. The van der Waals surface area contributed by atoms with Gasteiger partial charge in [-0.1, -0.05) is 42.1 Å². The fourth-order valence-electron chi connectivity index (χ4n) is 3.42. The maximum absolute atomic E-state index is 12.7. The first-order chi connectivity index (χ1) is 15.7. The monoisotopic (exact) mass is 452 g/mol. The highest BCUT2D eigenvalue weighted by Crippen LogP contribution is 2.26. The van der Waals surface area contributed by atoms with Gasteiger partial charge in [-0.05, 0) is 24.3 Å². The number of methoxy groups -OCH3 is 1. The van der Waals surface area contributed by atoms with Crippen LogP contribution >= 0.6 is 11.8 Å². The summed E-state index contributed by atoms with van der Waals surface area (Å²) in [6, 6.07) is 16.8. The van der Waals surface area contributed by atoms with Gasteiger partial charge in [-0.15, -0.1) is 10.2 Å². The number of nitrogens with one attached hydrogen (secondary N) is 1. The van der Waals surface area contributed by atoms with E-state index >= 15 is 0 Å². The van der Waals surface area contributed by atoms with Crippen molar-refractivity contribution in [2.45, 2.75) is 5.16 Å². The topological polar surface area (TPSA) is 92.6 Å². The number of nitrogens with zero attached hydrogens (tertiary/aromatic N) is 5. The van der Waals surface area contributed by atoms with Gasteiger partial charge in [0.2, 0.25) is 5.91 Å². The number of thioether (sulfide) groups is 1. The summed E-state index contributed by atoms with van der Waals surface area (Å²) in [5, 5.41) is 11.6. The molecule has 1 aliphatic rings. The molecule has 4 rings (SSSR count). The van der Waals surface area contributed by atoms with Crippen molar-refractivity contribution >= 4 is 29.4 Å². The molecule has 9 nitrogen and oxygen atoms in total. The largest absolute Gasteiger partial charge is 0.495 e. The first-order valence-electron chi connectivity index (χ1n) is 10.2. The van der Waals surface area contributed by atoms with Crippen LogP contribution in [0.15, 0.2) is 66.1 Å². The molecule has 0 unspecified atom stereocenters. The smallest absolute Gasteiger partial charge is 0.321 e. The molecule has 1 aromatic heterocycles. The van der Waals surface area contributed by atoms with Crippen molar-refractivity contribution in [1.29, 1.82) is 0 Å². The van der Waals surface area contributed by atoms with Gasteiger partial charge in [0.15, 0.2) is 5.16 Å². The Morgan fingerprint density at radius 3 is 2.44 bits per heavy atom. The minimum Gasteiger partial charge on any atom is -0.495 e. The van der Waals surface area contributed by atoms with Gasteiger partial charge in [0.05, 0.1) is 18.6 Å². The Hall–Kier alpha value is -3.53. The molecule has 0 atom stereocenters. The van der Waals surface area contributed by atoms with Crippen molar-refractivity contribution in [3.8, 4) is 11.4 Å². The second-order valence-electron chi connectivity index (χ2n) is 7.11. The summed E-state index contributed by atoms with van der Waals surface area (Å²) in [5.41, 5.74) is 1.57. The molecule has 0 spiro atoms. The zero-order valence-electron chi connectivity index (χ0n) is 17.7. The highest BCUT2D eigenvalue weighted by Gasteiger charge is 2.24. The maximum Gasteiger partial charge on any atom is 0.321 e. The normalized spacial score (nSPS) is 13.7. The quantitative estimate of drug-likeness (QED) is 0.578. The van der Waals surface area contributed by atoms with Crippen LogP contribution in [0.5, 0.6) is 5.75 Å². The summed E-state index contributed by atoms with van der Waals surface area (Å²) in [6.45, 7) is 1.99. The summed E-state index contributed by atoms with van der Waals surface area (Å²) < 4.78 is 7.22. The number of aromatic nitrogens is 3. The molecule has 1 fully saturated rings. The average Bonchev–Trinajstić information content (AvgIpc) is 3.31. The van der Waals surface area contributed by atoms with Crippen molar-refractivity contribution in [3.05, 3.63) is 60.9 Å². The zero-order chi connectivity index (χ0) is 22.3. The van der Waals surface area contributed by atoms with Gasteiger partial charge in [0, 0.05) is 31.9 Å². The van der Waals surface area contributed by atoms with Crippen molar-refractivity contribution < 1.29 is 14.3 Å². The fraction of sp³-hybridized carbons (Fsp3) is 0.273. The van der Waals surface area contributed by atoms with E-state index in [0.717, 1.165) is 11.4 Å². The van der Waals surface area contributed by atoms with Crippen LogP contribution in [0, 0.1) is 0 Å². The summed E-state index contributed by atoms with van der Waals surface area (Å²) in [7, 11) is 1.61. The summed E-state index contributed by atoms with van der Waals surface area (Å²) in [6.07, 6.45) is 1.61. The Morgan fingerprint density at radius 1 is 1.00 bits per heavy atom. The Bertz CT molecular complexity index is 1070. The summed E-state index contributed by atoms with van der Waals surface area (Å²) in [5.74, 6) is 0.947. The maximum atomic E-state index is 12.7. The number of carbonyl (C=O) groups excluding carboxylic acids is 2. The van der Waals surface area contributed by atoms with Crippen LogP contribution in [-0.2, 0) is 4.79 Å². The lowest BCUT2D eigenvalue weighted by atomic mass is 10.3. The number of hydrogen-bond acceptors (Lipinski definition) is 6. The molecule has 0 saturated carbocycles. The lowest BCUT2D eigenvalue weighted by molar-refractivity contribution is -0.129. The number of ether oxygens (including phenoxy) is 1. The second-order valence-corrected chi connectivity index (χ2v) is 8.05. The van der Waals surface area contributed by atoms with E-state index in [0.29, 0.717) is 37.1 Å². The highest BCUT2D eigenvalue weighted by molar-refractivity contribution is 7.99. The van der Waals surface area contributed by atoms with Crippen LogP contribution in [0.25, 0.3) is 5.69 Å². The Kier molecular flexibility index (Phi) is 6.90. The first-order valence-corrected chi connectivity index (χ1v) is 11.2. The zero-order valence-corrected chi connectivity index (χ0v) is 18.5. The number of carbonyl (C=O) groups is 2. The van der Waals surface area contributed by atoms with E-state index in [1.165, 1.54) is 11.8 Å². The Labute approximate surface area is 190 Å². The minimum absolute atomic E-state index is 0.00712. The summed E-state index contributed by atoms with van der Waals surface area (Å²) >= 11 is 1.33. The molecule has 2 heterocycles. The molecular formula is C22H24N6O3S. The molecule has 3 amide bonds. The molecular weight excluding hydrogens is 428 g/mol. The number of benzene rings is 2. The second kappa shape index (κ2) is 10.2. The predicted molar refractivity (Wildman–Crippen MR) is 122 cm³/mol. The van der Waals surface area contributed by atoms with Gasteiger partial charge in [-0.3, -0.25) is 9.36 Å². The van der Waals surface area contributed by atoms with E-state index in [4.69, 9.17) is 4.74 Å². The molecule has 2 aromatic carbocycles. The van der Waals surface area contributed by atoms with Gasteiger partial charge < -0.3 is 19.9 Å². The van der Waals surface area contributed by atoms with Crippen LogP contribution in [0.2, 0.25) is 0 Å². The summed E-state index contributed by atoms with van der Waals surface area (Å²) in [4.78, 5) is 28.7. The van der Waals surface area contributed by atoms with Crippen LogP contribution in [0.4, 0.5) is 10.5 Å². The van der Waals surface area contributed by atoms with E-state index in [1.54, 1.807) is 23.2 Å². The van der Waals surface area contributed by atoms with Crippen LogP contribution < -0.4 is 10.1 Å². The number of para-hydroxylation sites is 3. The predicted octanol–water partition coefficient (Wildman–Crippen LogP) is 2.74. The third kappa shape index (κ3) is 5.02. The van der Waals surface area contributed by atoms with E-state index in [1.807, 2.05) is 59.2 Å². The van der Waals surface area contributed by atoms with Crippen LogP contribution in [0.1, 0.15) is 0 Å². The van der Waals surface area contributed by atoms with E-state index in [9.17, 15) is 9.59 Å². The van der Waals surface area contributed by atoms with E-state index in [-0.39, 0.29) is 17.7 Å². The Morgan fingerprint density at radius 2 is 1.69 bits per heavy atom. The molecule has 10 heteroatoms. The number of amides is 3. The van der Waals surface area contributed by atoms with Gasteiger partial charge in [0.25, 0.3) is 0 Å². The van der Waals surface area contributed by atoms with Gasteiger partial charge in [-0.25, -0.2) is 4.79 Å². The number of anilines is 1. The molecule has 0 radical (unpaired) electrons. The van der Waals surface area contributed by atoms with Gasteiger partial charge >= 0.3 is 6.03 Å². The van der Waals surface area contributed by atoms with Crippen molar-refractivity contribution in [3.63, 3.8) is 0 Å². The number of urea groups is 1. The van der Waals surface area contributed by atoms with Crippen molar-refractivity contribution in [2.24, 2.45) is 0 Å². The molecule has 1 N–H and O–H groups in total. The SMILES string of the molecule is COc1ccccc1-n1cnnc1SCC(=O)N1CCN(C(=O)Nc2ccccc2)CC1. The number of piperazine rings is 1. The molecule has 1 aliphatic heterocycles. The lowest BCUT2D eigenvalue weighted by Crippen LogP contribution is -2.52. The number of hydrogen-bond donors (Lipinski definition) is 1. The van der Waals surface area contributed by atoms with Crippen molar-refractivity contribution in [1.82, 2.24) is 24.6 Å². The highest BCUT2D eigenvalue weighted by atomic mass is 32.2. The Balaban J connectivity index is 1.29. The fourth-order valence-corrected chi connectivity index (χ4v) is 4.24. The molecule has 3 aromatic rings. The van der Waals surface area contributed by atoms with Crippen LogP contribution in [0.3, 0.4) is 0 Å². The van der Waals surface area contributed by atoms with Gasteiger partial charge in [0.1, 0.15) is 12.1 Å². The van der Waals surface area contributed by atoms with E-state index in [2.05, 4.69) is 15.5 Å². The standard InChI is InChI=1S/C22H24N6O3S/c1-31-19-10-6-5-9-18(19)28-16-23-25-22(28)32-15-20(29)26-11-13-27(14-12-26)21(30)24-17-7-3-2-4-8-17/h2-10,16H,11-15H2,1H3,(H,24,30). The van der Waals surface area contributed by atoms with Gasteiger partial charge in [-0.2, -0.15) is 0 Å². The van der Waals surface area contributed by atoms with Crippen molar-refractivity contribution in [2.75, 3.05) is 44.4 Å². The molecule has 0 bridgehead atoms. The van der Waals surface area contributed by atoms with Crippen LogP contribution in [-0.4, -0.2) is 75.5 Å². The average molecular weight is 453 g/mol. The molecule has 1 saturated heterocycles. The minimum atomic E-state index is -0.150. The lowest BCUT2D eigenvalue weighted by Gasteiger charge is -2.34. The number of rotatable bonds is 6. The molecule has 0 aliphatic carbocycles. The third-order valence-corrected chi connectivity index (χ3v) is 6.06. The first kappa shape index (κ1) is 21.7. The van der Waals surface area contributed by atoms with E-state index < -0.39 is 0 Å².